The highest BCUT2D eigenvalue weighted by molar-refractivity contribution is 7.71. The van der Waals surface area contributed by atoms with Crippen LogP contribution in [0.5, 0.6) is 0 Å². The molecule has 78 valence electrons. The number of nitrogens with one attached hydrogen (secondary N) is 2. The van der Waals surface area contributed by atoms with E-state index in [9.17, 15) is 4.79 Å². The number of hydrogen-bond donors (Lipinski definition) is 3. The summed E-state index contributed by atoms with van der Waals surface area (Å²) in [5, 5.41) is 9.20. The number of nitrogens with zero attached hydrogens (tertiary/aromatic N) is 2. The molecule has 7 heteroatoms. The molecule has 0 spiro atoms. The first-order valence-electron chi connectivity index (χ1n) is 4.16. The van der Waals surface area contributed by atoms with E-state index in [-0.39, 0.29) is 5.91 Å². The molecule has 0 saturated carbocycles. The van der Waals surface area contributed by atoms with E-state index >= 15 is 0 Å². The van der Waals surface area contributed by atoms with Crippen LogP contribution in [-0.2, 0) is 18.4 Å². The molecule has 0 aliphatic carbocycles. The largest absolute Gasteiger partial charge is 0.347 e. The second kappa shape index (κ2) is 4.34. The van der Waals surface area contributed by atoms with Crippen molar-refractivity contribution in [2.75, 3.05) is 0 Å². The van der Waals surface area contributed by atoms with Gasteiger partial charge in [-0.25, -0.2) is 0 Å². The fourth-order valence-corrected chi connectivity index (χ4v) is 1.02. The van der Waals surface area contributed by atoms with Gasteiger partial charge in [0.1, 0.15) is 0 Å². The predicted octanol–water partition coefficient (Wildman–Crippen LogP) is -0.559. The molecular formula is C7H13N5OS. The van der Waals surface area contributed by atoms with E-state index in [1.54, 1.807) is 18.5 Å². The van der Waals surface area contributed by atoms with Gasteiger partial charge in [0.15, 0.2) is 10.6 Å². The fraction of sp³-hybridized carbons (Fsp3) is 0.571. The number of aromatic amines is 1. The van der Waals surface area contributed by atoms with Crippen molar-refractivity contribution in [1.82, 2.24) is 20.1 Å². The van der Waals surface area contributed by atoms with E-state index < -0.39 is 6.04 Å². The minimum atomic E-state index is -0.512. The van der Waals surface area contributed by atoms with Crippen LogP contribution in [0.3, 0.4) is 0 Å². The first kappa shape index (κ1) is 10.9. The Labute approximate surface area is 86.5 Å². The van der Waals surface area contributed by atoms with Gasteiger partial charge in [0.05, 0.1) is 12.6 Å². The summed E-state index contributed by atoms with van der Waals surface area (Å²) in [7, 11) is 1.78. The van der Waals surface area contributed by atoms with Crippen molar-refractivity contribution < 1.29 is 4.79 Å². The highest BCUT2D eigenvalue weighted by atomic mass is 32.1. The molecule has 4 N–H and O–H groups in total. The zero-order valence-electron chi connectivity index (χ0n) is 8.07. The Morgan fingerprint density at radius 1 is 1.86 bits per heavy atom. The number of hydrogen-bond acceptors (Lipinski definition) is 4. The topological polar surface area (TPSA) is 88.7 Å². The predicted molar refractivity (Wildman–Crippen MR) is 53.9 cm³/mol. The zero-order chi connectivity index (χ0) is 10.7. The number of carbonyl (C=O) groups is 1. The van der Waals surface area contributed by atoms with Gasteiger partial charge in [-0.2, -0.15) is 5.10 Å². The maximum absolute atomic E-state index is 11.1. The van der Waals surface area contributed by atoms with Crippen LogP contribution in [-0.4, -0.2) is 26.7 Å². The maximum Gasteiger partial charge on any atom is 0.237 e. The van der Waals surface area contributed by atoms with Crippen molar-refractivity contribution >= 4 is 18.1 Å². The first-order chi connectivity index (χ1) is 6.52. The number of nitrogens with two attached hydrogens (primary N) is 1. The summed E-state index contributed by atoms with van der Waals surface area (Å²) >= 11 is 4.91. The Morgan fingerprint density at radius 3 is 2.93 bits per heavy atom. The summed E-state index contributed by atoms with van der Waals surface area (Å²) in [6.45, 7) is 1.95. The van der Waals surface area contributed by atoms with Crippen LogP contribution in [0, 0.1) is 4.77 Å². The summed E-state index contributed by atoms with van der Waals surface area (Å²) in [5.74, 6) is 0.461. The molecule has 1 atom stereocenters. The van der Waals surface area contributed by atoms with Crippen LogP contribution in [0.4, 0.5) is 0 Å². The maximum atomic E-state index is 11.1. The quantitative estimate of drug-likeness (QED) is 0.590. The highest BCUT2D eigenvalue weighted by Crippen LogP contribution is 1.93. The first-order valence-corrected chi connectivity index (χ1v) is 4.56. The summed E-state index contributed by atoms with van der Waals surface area (Å²) < 4.78 is 2.21. The number of amides is 1. The van der Waals surface area contributed by atoms with Gasteiger partial charge in [0.2, 0.25) is 5.91 Å². The Morgan fingerprint density at radius 2 is 2.50 bits per heavy atom. The summed E-state index contributed by atoms with van der Waals surface area (Å²) in [6.07, 6.45) is 0. The molecule has 0 aliphatic rings. The fourth-order valence-electron chi connectivity index (χ4n) is 0.865. The standard InChI is InChI=1S/C7H13N5OS/c1-4(8)6(13)9-3-5-10-11-7(14)12(5)2/h4H,3,8H2,1-2H3,(H,9,13)(H,11,14)/t4-/m0/s1. The normalized spacial score (nSPS) is 12.5. The second-order valence-corrected chi connectivity index (χ2v) is 3.40. The molecule has 0 radical (unpaired) electrons. The molecule has 0 saturated heterocycles. The minimum Gasteiger partial charge on any atom is -0.347 e. The van der Waals surface area contributed by atoms with Gasteiger partial charge >= 0.3 is 0 Å². The Hall–Kier alpha value is -1.21. The second-order valence-electron chi connectivity index (χ2n) is 3.01. The molecule has 0 aliphatic heterocycles. The van der Waals surface area contributed by atoms with Crippen LogP contribution in [0.25, 0.3) is 0 Å². The van der Waals surface area contributed by atoms with Gasteiger partial charge in [-0.1, -0.05) is 0 Å². The molecule has 1 amide bonds. The smallest absolute Gasteiger partial charge is 0.237 e. The molecule has 1 heterocycles. The van der Waals surface area contributed by atoms with E-state index in [1.807, 2.05) is 0 Å². The van der Waals surface area contributed by atoms with E-state index in [0.717, 1.165) is 0 Å². The average Bonchev–Trinajstić information content (AvgIpc) is 2.44. The third-order valence-electron chi connectivity index (χ3n) is 1.81. The van der Waals surface area contributed by atoms with Crippen molar-refractivity contribution in [3.05, 3.63) is 10.6 Å². The lowest BCUT2D eigenvalue weighted by molar-refractivity contribution is -0.122. The molecule has 6 nitrogen and oxygen atoms in total. The Kier molecular flexibility index (Phi) is 3.37. The lowest BCUT2D eigenvalue weighted by Crippen LogP contribution is -2.38. The van der Waals surface area contributed by atoms with Crippen molar-refractivity contribution in [2.45, 2.75) is 19.5 Å². The third kappa shape index (κ3) is 2.39. The van der Waals surface area contributed by atoms with Gasteiger partial charge in [0.25, 0.3) is 0 Å². The molecule has 0 aromatic carbocycles. The van der Waals surface area contributed by atoms with Crippen LogP contribution in [0.1, 0.15) is 12.7 Å². The molecule has 0 unspecified atom stereocenters. The highest BCUT2D eigenvalue weighted by Gasteiger charge is 2.08. The van der Waals surface area contributed by atoms with Gasteiger partial charge in [-0.05, 0) is 19.1 Å². The van der Waals surface area contributed by atoms with Gasteiger partial charge in [-0.15, -0.1) is 0 Å². The summed E-state index contributed by atoms with van der Waals surface area (Å²) in [5.41, 5.74) is 5.38. The van der Waals surface area contributed by atoms with Crippen LogP contribution >= 0.6 is 12.2 Å². The number of aromatic nitrogens is 3. The van der Waals surface area contributed by atoms with Crippen molar-refractivity contribution in [3.63, 3.8) is 0 Å². The Balaban J connectivity index is 2.58. The van der Waals surface area contributed by atoms with Crippen molar-refractivity contribution in [2.24, 2.45) is 12.8 Å². The van der Waals surface area contributed by atoms with E-state index in [1.165, 1.54) is 0 Å². The number of H-pyrrole nitrogens is 1. The van der Waals surface area contributed by atoms with E-state index in [0.29, 0.717) is 17.1 Å². The van der Waals surface area contributed by atoms with Crippen molar-refractivity contribution in [1.29, 1.82) is 0 Å². The van der Waals surface area contributed by atoms with E-state index in [4.69, 9.17) is 18.0 Å². The third-order valence-corrected chi connectivity index (χ3v) is 2.17. The van der Waals surface area contributed by atoms with Gasteiger partial charge in [-0.3, -0.25) is 9.89 Å². The molecular weight excluding hydrogens is 202 g/mol. The van der Waals surface area contributed by atoms with Crippen molar-refractivity contribution in [3.8, 4) is 0 Å². The van der Waals surface area contributed by atoms with Gasteiger partial charge in [0, 0.05) is 7.05 Å². The van der Waals surface area contributed by atoms with Crippen LogP contribution in [0.2, 0.25) is 0 Å². The molecule has 14 heavy (non-hydrogen) atoms. The molecule has 1 aromatic heterocycles. The monoisotopic (exact) mass is 215 g/mol. The summed E-state index contributed by atoms with van der Waals surface area (Å²) in [6, 6.07) is -0.512. The van der Waals surface area contributed by atoms with E-state index in [2.05, 4.69) is 15.5 Å². The summed E-state index contributed by atoms with van der Waals surface area (Å²) in [4.78, 5) is 11.1. The molecule has 0 bridgehead atoms. The van der Waals surface area contributed by atoms with Crippen LogP contribution < -0.4 is 11.1 Å². The molecule has 1 aromatic rings. The SMILES string of the molecule is C[C@H](N)C(=O)NCc1n[nH]c(=S)n1C. The number of carbonyl (C=O) groups excluding carboxylic acids is 1. The number of rotatable bonds is 3. The zero-order valence-corrected chi connectivity index (χ0v) is 8.89. The average molecular weight is 215 g/mol. The van der Waals surface area contributed by atoms with Gasteiger partial charge < -0.3 is 15.6 Å². The lowest BCUT2D eigenvalue weighted by atomic mass is 10.3. The Bertz CT molecular complexity index is 380. The van der Waals surface area contributed by atoms with Crippen LogP contribution in [0.15, 0.2) is 0 Å². The minimum absolute atomic E-state index is 0.209. The molecule has 0 fully saturated rings. The molecule has 1 rings (SSSR count). The lowest BCUT2D eigenvalue weighted by Gasteiger charge is -2.06.